The fourth-order valence-corrected chi connectivity index (χ4v) is 4.17. The normalized spacial score (nSPS) is 10.9. The van der Waals surface area contributed by atoms with Gasteiger partial charge in [0.2, 0.25) is 0 Å². The monoisotopic (exact) mass is 418 g/mol. The third-order valence-electron chi connectivity index (χ3n) is 4.83. The van der Waals surface area contributed by atoms with Gasteiger partial charge in [0.05, 0.1) is 31.7 Å². The third-order valence-corrected chi connectivity index (χ3v) is 5.88. The van der Waals surface area contributed by atoms with Crippen LogP contribution in [0.25, 0.3) is 10.9 Å². The molecule has 0 unspecified atom stereocenters. The van der Waals surface area contributed by atoms with E-state index in [1.165, 1.54) is 0 Å². The van der Waals surface area contributed by atoms with Gasteiger partial charge in [-0.05, 0) is 47.5 Å². The molecule has 0 radical (unpaired) electrons. The predicted molar refractivity (Wildman–Crippen MR) is 121 cm³/mol. The lowest BCUT2D eigenvalue weighted by atomic mass is 10.2. The summed E-state index contributed by atoms with van der Waals surface area (Å²) >= 11 is 1.55. The van der Waals surface area contributed by atoms with Crippen molar-refractivity contribution in [1.29, 1.82) is 0 Å². The Labute approximate surface area is 179 Å². The number of hydrogen-bond donors (Lipinski definition) is 0. The van der Waals surface area contributed by atoms with Gasteiger partial charge in [-0.2, -0.15) is 0 Å². The molecule has 6 heteroatoms. The minimum atomic E-state index is -0.0411. The molecule has 152 valence electrons. The van der Waals surface area contributed by atoms with Crippen LogP contribution >= 0.6 is 11.8 Å². The van der Waals surface area contributed by atoms with Crippen molar-refractivity contribution >= 4 is 22.7 Å². The van der Waals surface area contributed by atoms with Crippen LogP contribution in [0.2, 0.25) is 0 Å². The summed E-state index contributed by atoms with van der Waals surface area (Å²) in [7, 11) is 3.29. The van der Waals surface area contributed by atoms with Crippen LogP contribution in [0.5, 0.6) is 11.5 Å². The third kappa shape index (κ3) is 4.33. The minimum absolute atomic E-state index is 0.0411. The fraction of sp³-hybridized carbons (Fsp3) is 0.167. The van der Waals surface area contributed by atoms with Crippen molar-refractivity contribution in [2.24, 2.45) is 0 Å². The number of rotatable bonds is 7. The minimum Gasteiger partial charge on any atom is -0.497 e. The highest BCUT2D eigenvalue weighted by molar-refractivity contribution is 7.98. The molecule has 0 atom stereocenters. The van der Waals surface area contributed by atoms with Crippen LogP contribution < -0.4 is 15.0 Å². The van der Waals surface area contributed by atoms with Crippen LogP contribution in [0.1, 0.15) is 11.1 Å². The van der Waals surface area contributed by atoms with Gasteiger partial charge in [0.1, 0.15) is 11.5 Å². The second kappa shape index (κ2) is 9.05. The number of ether oxygens (including phenoxy) is 2. The Kier molecular flexibility index (Phi) is 6.05. The maximum Gasteiger partial charge on any atom is 0.262 e. The molecule has 0 spiro atoms. The van der Waals surface area contributed by atoms with Gasteiger partial charge in [-0.15, -0.1) is 0 Å². The van der Waals surface area contributed by atoms with Gasteiger partial charge >= 0.3 is 0 Å². The number of benzene rings is 3. The lowest BCUT2D eigenvalue weighted by molar-refractivity contribution is 0.414. The highest BCUT2D eigenvalue weighted by atomic mass is 32.2. The first-order valence-corrected chi connectivity index (χ1v) is 10.5. The lowest BCUT2D eigenvalue weighted by Crippen LogP contribution is -2.24. The lowest BCUT2D eigenvalue weighted by Gasteiger charge is -2.14. The summed E-state index contributed by atoms with van der Waals surface area (Å²) in [5, 5.41) is 1.31. The second-order valence-electron chi connectivity index (χ2n) is 6.79. The maximum atomic E-state index is 13.3. The van der Waals surface area contributed by atoms with Crippen LogP contribution in [0, 0.1) is 0 Å². The Morgan fingerprint density at radius 2 is 1.63 bits per heavy atom. The molecule has 3 aromatic carbocycles. The number of hydrogen-bond acceptors (Lipinski definition) is 5. The molecule has 0 aliphatic rings. The molecular weight excluding hydrogens is 396 g/mol. The summed E-state index contributed by atoms with van der Waals surface area (Å²) in [6, 6.07) is 23.2. The number of para-hydroxylation sites is 1. The molecule has 0 aliphatic carbocycles. The van der Waals surface area contributed by atoms with Crippen LogP contribution in [0.4, 0.5) is 0 Å². The van der Waals surface area contributed by atoms with E-state index in [0.29, 0.717) is 28.4 Å². The van der Waals surface area contributed by atoms with Crippen molar-refractivity contribution in [2.45, 2.75) is 17.5 Å². The number of nitrogens with zero attached hydrogens (tertiary/aromatic N) is 2. The maximum absolute atomic E-state index is 13.3. The van der Waals surface area contributed by atoms with E-state index in [1.807, 2.05) is 72.8 Å². The van der Waals surface area contributed by atoms with E-state index >= 15 is 0 Å². The number of thioether (sulfide) groups is 1. The quantitative estimate of drug-likeness (QED) is 0.320. The van der Waals surface area contributed by atoms with Crippen molar-refractivity contribution in [1.82, 2.24) is 9.55 Å². The number of aromatic nitrogens is 2. The molecular formula is C24H22N2O3S. The van der Waals surface area contributed by atoms with Gasteiger partial charge in [0.25, 0.3) is 5.56 Å². The van der Waals surface area contributed by atoms with E-state index in [2.05, 4.69) is 0 Å². The summed E-state index contributed by atoms with van der Waals surface area (Å²) in [5.74, 6) is 2.29. The average Bonchev–Trinajstić information content (AvgIpc) is 2.80. The van der Waals surface area contributed by atoms with E-state index in [1.54, 1.807) is 30.5 Å². The van der Waals surface area contributed by atoms with Crippen molar-refractivity contribution in [2.75, 3.05) is 14.2 Å². The summed E-state index contributed by atoms with van der Waals surface area (Å²) in [6.45, 7) is 0.429. The number of methoxy groups -OCH3 is 2. The fourth-order valence-electron chi connectivity index (χ4n) is 3.22. The first-order valence-electron chi connectivity index (χ1n) is 9.56. The highest BCUT2D eigenvalue weighted by Gasteiger charge is 2.13. The molecule has 0 aliphatic heterocycles. The molecule has 0 bridgehead atoms. The first kappa shape index (κ1) is 20.0. The Bertz CT molecular complexity index is 1220. The Morgan fingerprint density at radius 3 is 2.40 bits per heavy atom. The van der Waals surface area contributed by atoms with E-state index < -0.39 is 0 Å². The van der Waals surface area contributed by atoms with E-state index in [-0.39, 0.29) is 5.56 Å². The second-order valence-corrected chi connectivity index (χ2v) is 7.73. The van der Waals surface area contributed by atoms with Crippen molar-refractivity contribution in [3.8, 4) is 11.5 Å². The Balaban J connectivity index is 1.70. The summed E-state index contributed by atoms with van der Waals surface area (Å²) < 4.78 is 12.3. The van der Waals surface area contributed by atoms with Crippen molar-refractivity contribution in [3.63, 3.8) is 0 Å². The van der Waals surface area contributed by atoms with Gasteiger partial charge in [-0.25, -0.2) is 4.98 Å². The van der Waals surface area contributed by atoms with Gasteiger partial charge in [0, 0.05) is 5.75 Å². The van der Waals surface area contributed by atoms with Gasteiger partial charge in [0.15, 0.2) is 5.16 Å². The van der Waals surface area contributed by atoms with Crippen molar-refractivity contribution in [3.05, 3.63) is 94.3 Å². The van der Waals surface area contributed by atoms with E-state index in [9.17, 15) is 4.79 Å². The molecule has 0 saturated carbocycles. The van der Waals surface area contributed by atoms with Gasteiger partial charge in [-0.1, -0.05) is 48.2 Å². The Morgan fingerprint density at radius 1 is 0.867 bits per heavy atom. The molecule has 4 rings (SSSR count). The smallest absolute Gasteiger partial charge is 0.262 e. The van der Waals surface area contributed by atoms with Crippen LogP contribution in [-0.4, -0.2) is 23.8 Å². The van der Waals surface area contributed by atoms with E-state index in [0.717, 1.165) is 22.6 Å². The zero-order valence-electron chi connectivity index (χ0n) is 16.9. The predicted octanol–water partition coefficient (Wildman–Crippen LogP) is 4.75. The molecule has 0 amide bonds. The van der Waals surface area contributed by atoms with Gasteiger partial charge in [-0.3, -0.25) is 9.36 Å². The van der Waals surface area contributed by atoms with Gasteiger partial charge < -0.3 is 9.47 Å². The average molecular weight is 419 g/mol. The molecule has 0 fully saturated rings. The topological polar surface area (TPSA) is 53.3 Å². The van der Waals surface area contributed by atoms with Crippen LogP contribution in [0.3, 0.4) is 0 Å². The summed E-state index contributed by atoms with van der Waals surface area (Å²) in [5.41, 5.74) is 2.79. The number of fused-ring (bicyclic) bond motifs is 1. The summed E-state index contributed by atoms with van der Waals surface area (Å²) in [4.78, 5) is 18.1. The zero-order valence-corrected chi connectivity index (χ0v) is 17.7. The molecule has 1 heterocycles. The molecule has 0 saturated heterocycles. The van der Waals surface area contributed by atoms with E-state index in [4.69, 9.17) is 14.5 Å². The SMILES string of the molecule is COc1ccc(CSc2nc3ccccc3c(=O)n2Cc2cccc(OC)c2)cc1. The molecule has 30 heavy (non-hydrogen) atoms. The molecule has 5 nitrogen and oxygen atoms in total. The highest BCUT2D eigenvalue weighted by Crippen LogP contribution is 2.24. The molecule has 0 N–H and O–H groups in total. The van der Waals surface area contributed by atoms with Crippen LogP contribution in [-0.2, 0) is 12.3 Å². The standard InChI is InChI=1S/C24H22N2O3S/c1-28-19-12-10-17(11-13-19)16-30-24-25-22-9-4-3-8-21(22)23(27)26(24)15-18-6-5-7-20(14-18)29-2/h3-14H,15-16H2,1-2H3. The summed E-state index contributed by atoms with van der Waals surface area (Å²) in [6.07, 6.45) is 0. The largest absolute Gasteiger partial charge is 0.497 e. The first-order chi connectivity index (χ1) is 14.7. The molecule has 4 aromatic rings. The molecule has 1 aromatic heterocycles. The van der Waals surface area contributed by atoms with Crippen LogP contribution in [0.15, 0.2) is 82.7 Å². The zero-order chi connectivity index (χ0) is 20.9. The Hall–Kier alpha value is -3.25. The van der Waals surface area contributed by atoms with Crippen molar-refractivity contribution < 1.29 is 9.47 Å².